The van der Waals surface area contributed by atoms with Crippen LogP contribution in [0.5, 0.6) is 11.6 Å². The molecule has 4 rings (SSSR count). The van der Waals surface area contributed by atoms with E-state index in [0.717, 1.165) is 18.4 Å². The average Bonchev–Trinajstić information content (AvgIpc) is 2.87. The Morgan fingerprint density at radius 2 is 1.86 bits per heavy atom. The van der Waals surface area contributed by atoms with Crippen molar-refractivity contribution in [3.05, 3.63) is 59.8 Å². The Labute approximate surface area is 203 Å². The van der Waals surface area contributed by atoms with Gasteiger partial charge < -0.3 is 30.1 Å². The van der Waals surface area contributed by atoms with Crippen LogP contribution in [-0.2, 0) is 6.61 Å². The van der Waals surface area contributed by atoms with Gasteiger partial charge >= 0.3 is 6.09 Å². The Hall–Kier alpha value is -3.43. The Bertz CT molecular complexity index is 1130. The van der Waals surface area contributed by atoms with Gasteiger partial charge in [0, 0.05) is 12.1 Å². The molecule has 1 aliphatic carbocycles. The number of carboxylic acid groups (broad SMARTS) is 1. The zero-order valence-corrected chi connectivity index (χ0v) is 19.6. The normalized spacial score (nSPS) is 19.6. The molecule has 9 heteroatoms. The highest BCUT2D eigenvalue weighted by atomic mass is 16.5. The van der Waals surface area contributed by atoms with E-state index in [1.54, 1.807) is 18.3 Å². The zero-order chi connectivity index (χ0) is 24.8. The van der Waals surface area contributed by atoms with E-state index in [0.29, 0.717) is 47.5 Å². The first-order valence-corrected chi connectivity index (χ1v) is 11.8. The minimum Gasteiger partial charge on any atom is -0.487 e. The smallest absolute Gasteiger partial charge is 0.404 e. The number of carbonyl (C=O) groups is 1. The van der Waals surface area contributed by atoms with E-state index in [-0.39, 0.29) is 18.6 Å². The molecule has 2 heterocycles. The lowest BCUT2D eigenvalue weighted by Gasteiger charge is -2.31. The summed E-state index contributed by atoms with van der Waals surface area (Å²) in [6.07, 6.45) is 1.58. The molecule has 0 saturated heterocycles. The number of nitrogens with zero attached hydrogens (tertiary/aromatic N) is 2. The van der Waals surface area contributed by atoms with E-state index in [1.807, 2.05) is 30.3 Å². The summed E-state index contributed by atoms with van der Waals surface area (Å²) in [6, 6.07) is 13.0. The van der Waals surface area contributed by atoms with E-state index in [4.69, 9.17) is 14.6 Å². The van der Waals surface area contributed by atoms with Gasteiger partial charge in [-0.3, -0.25) is 4.98 Å². The number of rotatable bonds is 9. The molecule has 1 amide bonds. The molecule has 0 radical (unpaired) electrons. The van der Waals surface area contributed by atoms with E-state index >= 15 is 0 Å². The lowest BCUT2D eigenvalue weighted by atomic mass is 9.81. The lowest BCUT2D eigenvalue weighted by Crippen LogP contribution is -2.37. The SMILES string of the molecule is COc1ccc2ncc(OCc3ccccc3)c(C(O)C(O)CC3CCC(NC(=O)O)CC3)c2n1. The van der Waals surface area contributed by atoms with Crippen LogP contribution in [0.3, 0.4) is 0 Å². The fourth-order valence-corrected chi connectivity index (χ4v) is 4.68. The van der Waals surface area contributed by atoms with Crippen molar-refractivity contribution in [1.82, 2.24) is 15.3 Å². The molecule has 186 valence electrons. The van der Waals surface area contributed by atoms with Crippen LogP contribution in [0.25, 0.3) is 11.0 Å². The third-order valence-electron chi connectivity index (χ3n) is 6.55. The molecule has 2 aromatic heterocycles. The summed E-state index contributed by atoms with van der Waals surface area (Å²) in [5, 5.41) is 33.8. The molecule has 1 aromatic carbocycles. The summed E-state index contributed by atoms with van der Waals surface area (Å²) >= 11 is 0. The molecule has 1 saturated carbocycles. The monoisotopic (exact) mass is 481 g/mol. The minimum atomic E-state index is -1.25. The maximum absolute atomic E-state index is 11.3. The maximum Gasteiger partial charge on any atom is 0.404 e. The number of hydrogen-bond acceptors (Lipinski definition) is 7. The number of aliphatic hydroxyl groups excluding tert-OH is 2. The number of methoxy groups -OCH3 is 1. The molecule has 4 N–H and O–H groups in total. The van der Waals surface area contributed by atoms with E-state index in [9.17, 15) is 15.0 Å². The van der Waals surface area contributed by atoms with Crippen LogP contribution in [0.15, 0.2) is 48.7 Å². The molecule has 9 nitrogen and oxygen atoms in total. The number of benzene rings is 1. The number of amides is 1. The van der Waals surface area contributed by atoms with Crippen molar-refractivity contribution < 1.29 is 29.6 Å². The van der Waals surface area contributed by atoms with Crippen LogP contribution in [0.2, 0.25) is 0 Å². The number of hydrogen-bond donors (Lipinski definition) is 4. The second-order valence-corrected chi connectivity index (χ2v) is 8.95. The van der Waals surface area contributed by atoms with Gasteiger partial charge in [0.05, 0.1) is 30.5 Å². The van der Waals surface area contributed by atoms with Gasteiger partial charge in [0.15, 0.2) is 0 Å². The van der Waals surface area contributed by atoms with Crippen LogP contribution in [0, 0.1) is 5.92 Å². The number of nitrogens with one attached hydrogen (secondary N) is 1. The molecule has 0 aliphatic heterocycles. The van der Waals surface area contributed by atoms with Crippen LogP contribution in [0.4, 0.5) is 4.79 Å². The molecule has 1 aliphatic rings. The standard InChI is InChI=1S/C26H31N3O6/c1-34-22-12-11-19-24(29-22)23(21(14-27-19)35-15-17-5-3-2-4-6-17)25(31)20(30)13-16-7-9-18(10-8-16)28-26(32)33/h2-6,11-12,14,16,18,20,25,28,30-31H,7-10,13,15H2,1H3,(H,32,33). The van der Waals surface area contributed by atoms with Crippen LogP contribution < -0.4 is 14.8 Å². The first kappa shape index (κ1) is 24.7. The van der Waals surface area contributed by atoms with E-state index in [1.165, 1.54) is 7.11 Å². The highest BCUT2D eigenvalue weighted by Crippen LogP contribution is 2.37. The summed E-state index contributed by atoms with van der Waals surface area (Å²) in [4.78, 5) is 19.8. The van der Waals surface area contributed by atoms with Gasteiger partial charge in [0.25, 0.3) is 0 Å². The molecule has 2 unspecified atom stereocenters. The fourth-order valence-electron chi connectivity index (χ4n) is 4.68. The Morgan fingerprint density at radius 1 is 1.11 bits per heavy atom. The largest absolute Gasteiger partial charge is 0.487 e. The Morgan fingerprint density at radius 3 is 2.54 bits per heavy atom. The topological polar surface area (TPSA) is 134 Å². The predicted octanol–water partition coefficient (Wildman–Crippen LogP) is 3.83. The molecule has 0 spiro atoms. The highest BCUT2D eigenvalue weighted by molar-refractivity contribution is 5.81. The molecular weight excluding hydrogens is 450 g/mol. The van der Waals surface area contributed by atoms with Crippen LogP contribution in [0.1, 0.15) is 49.3 Å². The maximum atomic E-state index is 11.3. The number of pyridine rings is 2. The number of aliphatic hydroxyl groups is 2. The third kappa shape index (κ3) is 6.17. The van der Waals surface area contributed by atoms with Crippen LogP contribution in [-0.4, -0.2) is 50.6 Å². The molecule has 3 aromatic rings. The lowest BCUT2D eigenvalue weighted by molar-refractivity contribution is -0.00123. The van der Waals surface area contributed by atoms with Crippen molar-refractivity contribution >= 4 is 17.1 Å². The molecule has 2 atom stereocenters. The Balaban J connectivity index is 1.55. The molecule has 0 bridgehead atoms. The fraction of sp³-hybridized carbons (Fsp3) is 0.423. The zero-order valence-electron chi connectivity index (χ0n) is 19.6. The second kappa shape index (κ2) is 11.3. The highest BCUT2D eigenvalue weighted by Gasteiger charge is 2.30. The summed E-state index contributed by atoms with van der Waals surface area (Å²) in [5.41, 5.74) is 2.30. The van der Waals surface area contributed by atoms with Gasteiger partial charge in [-0.15, -0.1) is 0 Å². The number of fused-ring (bicyclic) bond motifs is 1. The first-order valence-electron chi connectivity index (χ1n) is 11.8. The first-order chi connectivity index (χ1) is 16.9. The van der Waals surface area contributed by atoms with Crippen molar-refractivity contribution in [1.29, 1.82) is 0 Å². The predicted molar refractivity (Wildman–Crippen MR) is 129 cm³/mol. The van der Waals surface area contributed by atoms with Crippen molar-refractivity contribution in [2.45, 2.75) is 57.0 Å². The van der Waals surface area contributed by atoms with Gasteiger partial charge in [0.2, 0.25) is 5.88 Å². The minimum absolute atomic E-state index is 0.0652. The summed E-state index contributed by atoms with van der Waals surface area (Å²) in [6.45, 7) is 0.272. The van der Waals surface area contributed by atoms with Gasteiger partial charge in [0.1, 0.15) is 24.0 Å². The van der Waals surface area contributed by atoms with Crippen molar-refractivity contribution in [2.75, 3.05) is 7.11 Å². The van der Waals surface area contributed by atoms with Gasteiger partial charge in [-0.05, 0) is 49.7 Å². The molecule has 1 fully saturated rings. The summed E-state index contributed by atoms with van der Waals surface area (Å²) < 4.78 is 11.3. The van der Waals surface area contributed by atoms with Crippen molar-refractivity contribution in [3.8, 4) is 11.6 Å². The van der Waals surface area contributed by atoms with E-state index in [2.05, 4.69) is 15.3 Å². The quantitative estimate of drug-likeness (QED) is 0.362. The summed E-state index contributed by atoms with van der Waals surface area (Å²) in [5.74, 6) is 0.894. The molecular formula is C26H31N3O6. The van der Waals surface area contributed by atoms with E-state index < -0.39 is 18.3 Å². The van der Waals surface area contributed by atoms with Crippen molar-refractivity contribution in [3.63, 3.8) is 0 Å². The summed E-state index contributed by atoms with van der Waals surface area (Å²) in [7, 11) is 1.51. The van der Waals surface area contributed by atoms with Gasteiger partial charge in [-0.1, -0.05) is 30.3 Å². The van der Waals surface area contributed by atoms with Crippen LogP contribution >= 0.6 is 0 Å². The number of aromatic nitrogens is 2. The second-order valence-electron chi connectivity index (χ2n) is 8.95. The third-order valence-corrected chi connectivity index (χ3v) is 6.55. The molecule has 35 heavy (non-hydrogen) atoms. The van der Waals surface area contributed by atoms with Gasteiger partial charge in [-0.25, -0.2) is 9.78 Å². The van der Waals surface area contributed by atoms with Crippen molar-refractivity contribution in [2.24, 2.45) is 5.92 Å². The number of ether oxygens (including phenoxy) is 2. The average molecular weight is 482 g/mol. The van der Waals surface area contributed by atoms with Gasteiger partial charge in [-0.2, -0.15) is 0 Å². The Kier molecular flexibility index (Phi) is 7.99.